The van der Waals surface area contributed by atoms with Crippen LogP contribution in [0.3, 0.4) is 0 Å². The van der Waals surface area contributed by atoms with Crippen LogP contribution in [-0.4, -0.2) is 49.5 Å². The third kappa shape index (κ3) is 4.23. The van der Waals surface area contributed by atoms with E-state index in [-0.39, 0.29) is 17.6 Å². The molecule has 0 spiro atoms. The summed E-state index contributed by atoms with van der Waals surface area (Å²) in [5.74, 6) is -0.0134. The predicted molar refractivity (Wildman–Crippen MR) is 68.4 cm³/mol. The van der Waals surface area contributed by atoms with Gasteiger partial charge in [0.2, 0.25) is 5.91 Å². The SMILES string of the molecule is CC(OCC1CNCC(C)(C)O1)C(=O)NC1CC1. The van der Waals surface area contributed by atoms with Crippen LogP contribution in [0.15, 0.2) is 0 Å². The Kier molecular flexibility index (Phi) is 4.25. The molecule has 2 unspecified atom stereocenters. The summed E-state index contributed by atoms with van der Waals surface area (Å²) in [7, 11) is 0. The highest BCUT2D eigenvalue weighted by molar-refractivity contribution is 5.80. The van der Waals surface area contributed by atoms with Crippen LogP contribution < -0.4 is 10.6 Å². The topological polar surface area (TPSA) is 59.6 Å². The van der Waals surface area contributed by atoms with Gasteiger partial charge in [-0.15, -0.1) is 0 Å². The molecule has 1 amide bonds. The van der Waals surface area contributed by atoms with E-state index in [1.54, 1.807) is 6.92 Å². The molecular formula is C13H24N2O3. The van der Waals surface area contributed by atoms with Crippen molar-refractivity contribution in [3.8, 4) is 0 Å². The lowest BCUT2D eigenvalue weighted by atomic mass is 10.1. The lowest BCUT2D eigenvalue weighted by Gasteiger charge is -2.36. The molecule has 1 aliphatic carbocycles. The summed E-state index contributed by atoms with van der Waals surface area (Å²) in [6.07, 6.45) is 1.81. The average molecular weight is 256 g/mol. The molecule has 2 atom stereocenters. The fourth-order valence-electron chi connectivity index (χ4n) is 2.04. The van der Waals surface area contributed by atoms with Crippen LogP contribution >= 0.6 is 0 Å². The molecule has 104 valence electrons. The number of carbonyl (C=O) groups excluding carboxylic acids is 1. The first-order valence-electron chi connectivity index (χ1n) is 6.77. The lowest BCUT2D eigenvalue weighted by Crippen LogP contribution is -2.52. The normalized spacial score (nSPS) is 28.7. The molecule has 5 nitrogen and oxygen atoms in total. The molecule has 2 rings (SSSR count). The number of carbonyl (C=O) groups is 1. The van der Waals surface area contributed by atoms with Gasteiger partial charge in [0.1, 0.15) is 6.10 Å². The van der Waals surface area contributed by atoms with E-state index in [1.807, 2.05) is 0 Å². The monoisotopic (exact) mass is 256 g/mol. The first-order chi connectivity index (χ1) is 8.46. The number of morpholine rings is 1. The molecule has 1 saturated carbocycles. The second-order valence-electron chi connectivity index (χ2n) is 5.89. The van der Waals surface area contributed by atoms with Crippen LogP contribution in [0.1, 0.15) is 33.6 Å². The zero-order valence-electron chi connectivity index (χ0n) is 11.5. The van der Waals surface area contributed by atoms with Gasteiger partial charge in [0.05, 0.1) is 18.3 Å². The van der Waals surface area contributed by atoms with Gasteiger partial charge >= 0.3 is 0 Å². The van der Waals surface area contributed by atoms with E-state index < -0.39 is 6.10 Å². The quantitative estimate of drug-likeness (QED) is 0.749. The highest BCUT2D eigenvalue weighted by Gasteiger charge is 2.30. The minimum absolute atomic E-state index is 0.0134. The Balaban J connectivity index is 1.68. The van der Waals surface area contributed by atoms with Crippen LogP contribution in [0.4, 0.5) is 0 Å². The van der Waals surface area contributed by atoms with Crippen molar-refractivity contribution >= 4 is 5.91 Å². The summed E-state index contributed by atoms with van der Waals surface area (Å²) in [5, 5.41) is 6.25. The van der Waals surface area contributed by atoms with Crippen molar-refractivity contribution in [2.45, 2.75) is 57.5 Å². The lowest BCUT2D eigenvalue weighted by molar-refractivity contribution is -0.145. The van der Waals surface area contributed by atoms with Crippen molar-refractivity contribution < 1.29 is 14.3 Å². The van der Waals surface area contributed by atoms with Crippen LogP contribution in [0.25, 0.3) is 0 Å². The molecule has 0 aromatic rings. The minimum atomic E-state index is -0.403. The van der Waals surface area contributed by atoms with Gasteiger partial charge in [0.25, 0.3) is 0 Å². The van der Waals surface area contributed by atoms with E-state index in [0.29, 0.717) is 12.6 Å². The highest BCUT2D eigenvalue weighted by Crippen LogP contribution is 2.19. The predicted octanol–water partition coefficient (Wildman–Crippen LogP) is 0.437. The largest absolute Gasteiger partial charge is 0.367 e. The zero-order chi connectivity index (χ0) is 13.2. The van der Waals surface area contributed by atoms with Gasteiger partial charge in [-0.2, -0.15) is 0 Å². The molecule has 0 aromatic heterocycles. The summed E-state index contributed by atoms with van der Waals surface area (Å²) < 4.78 is 11.5. The molecule has 1 heterocycles. The molecule has 1 aliphatic heterocycles. The number of amides is 1. The van der Waals surface area contributed by atoms with E-state index in [4.69, 9.17) is 9.47 Å². The van der Waals surface area contributed by atoms with Crippen molar-refractivity contribution in [2.75, 3.05) is 19.7 Å². The summed E-state index contributed by atoms with van der Waals surface area (Å²) in [5.41, 5.74) is -0.161. The second kappa shape index (κ2) is 5.55. The van der Waals surface area contributed by atoms with Crippen LogP contribution in [0.5, 0.6) is 0 Å². The van der Waals surface area contributed by atoms with Crippen molar-refractivity contribution in [3.05, 3.63) is 0 Å². The summed E-state index contributed by atoms with van der Waals surface area (Å²) in [6, 6.07) is 0.384. The van der Waals surface area contributed by atoms with Gasteiger partial charge in [-0.3, -0.25) is 4.79 Å². The van der Waals surface area contributed by atoms with Crippen LogP contribution in [-0.2, 0) is 14.3 Å². The Morgan fingerprint density at radius 3 is 2.89 bits per heavy atom. The van der Waals surface area contributed by atoms with E-state index in [1.165, 1.54) is 0 Å². The maximum Gasteiger partial charge on any atom is 0.249 e. The van der Waals surface area contributed by atoms with Crippen molar-refractivity contribution in [2.24, 2.45) is 0 Å². The van der Waals surface area contributed by atoms with Gasteiger partial charge in [0.15, 0.2) is 0 Å². The Hall–Kier alpha value is -0.650. The Bertz CT molecular complexity index is 303. The third-order valence-corrected chi connectivity index (χ3v) is 3.23. The van der Waals surface area contributed by atoms with E-state index in [0.717, 1.165) is 25.9 Å². The number of hydrogen-bond acceptors (Lipinski definition) is 4. The molecule has 1 saturated heterocycles. The molecule has 2 N–H and O–H groups in total. The molecule has 2 aliphatic rings. The van der Waals surface area contributed by atoms with E-state index in [9.17, 15) is 4.79 Å². The maximum atomic E-state index is 11.7. The number of hydrogen-bond donors (Lipinski definition) is 2. The number of ether oxygens (including phenoxy) is 2. The fraction of sp³-hybridized carbons (Fsp3) is 0.923. The van der Waals surface area contributed by atoms with E-state index >= 15 is 0 Å². The third-order valence-electron chi connectivity index (χ3n) is 3.23. The molecule has 18 heavy (non-hydrogen) atoms. The standard InChI is InChI=1S/C13H24N2O3/c1-9(12(16)15-10-4-5-10)17-7-11-6-14-8-13(2,3)18-11/h9-11,14H,4-8H2,1-3H3,(H,15,16). The van der Waals surface area contributed by atoms with E-state index in [2.05, 4.69) is 24.5 Å². The smallest absolute Gasteiger partial charge is 0.249 e. The minimum Gasteiger partial charge on any atom is -0.367 e. The van der Waals surface area contributed by atoms with Crippen LogP contribution in [0, 0.1) is 0 Å². The van der Waals surface area contributed by atoms with Crippen LogP contribution in [0.2, 0.25) is 0 Å². The van der Waals surface area contributed by atoms with Gasteiger partial charge < -0.3 is 20.1 Å². The molecular weight excluding hydrogens is 232 g/mol. The average Bonchev–Trinajstić information content (AvgIpc) is 3.08. The molecule has 2 fully saturated rings. The summed E-state index contributed by atoms with van der Waals surface area (Å²) in [6.45, 7) is 7.97. The molecule has 0 aromatic carbocycles. The summed E-state index contributed by atoms with van der Waals surface area (Å²) >= 11 is 0. The second-order valence-corrected chi connectivity index (χ2v) is 5.89. The zero-order valence-corrected chi connectivity index (χ0v) is 11.5. The fourth-order valence-corrected chi connectivity index (χ4v) is 2.04. The summed E-state index contributed by atoms with van der Waals surface area (Å²) in [4.78, 5) is 11.7. The van der Waals surface area contributed by atoms with Gasteiger partial charge in [-0.05, 0) is 33.6 Å². The molecule has 0 radical (unpaired) electrons. The van der Waals surface area contributed by atoms with Gasteiger partial charge in [0, 0.05) is 19.1 Å². The first-order valence-corrected chi connectivity index (χ1v) is 6.77. The molecule has 5 heteroatoms. The Morgan fingerprint density at radius 2 is 2.28 bits per heavy atom. The maximum absolute atomic E-state index is 11.7. The Labute approximate surface area is 109 Å². The van der Waals surface area contributed by atoms with Gasteiger partial charge in [-0.1, -0.05) is 0 Å². The van der Waals surface area contributed by atoms with Crippen molar-refractivity contribution in [1.82, 2.24) is 10.6 Å². The van der Waals surface area contributed by atoms with Crippen molar-refractivity contribution in [3.63, 3.8) is 0 Å². The number of nitrogens with one attached hydrogen (secondary N) is 2. The molecule has 0 bridgehead atoms. The number of rotatable bonds is 5. The Morgan fingerprint density at radius 1 is 1.56 bits per heavy atom. The van der Waals surface area contributed by atoms with Crippen molar-refractivity contribution in [1.29, 1.82) is 0 Å². The highest BCUT2D eigenvalue weighted by atomic mass is 16.6. The first kappa shape index (κ1) is 13.8. The van der Waals surface area contributed by atoms with Gasteiger partial charge in [-0.25, -0.2) is 0 Å².